The van der Waals surface area contributed by atoms with E-state index in [0.717, 1.165) is 30.2 Å². The number of hydrogen-bond donors (Lipinski definition) is 9. The first-order valence-corrected chi connectivity index (χ1v) is 17.7. The van der Waals surface area contributed by atoms with Crippen LogP contribution in [-0.4, -0.2) is 245 Å². The molecule has 0 bridgehead atoms. The Bertz CT molecular complexity index is 1310. The highest BCUT2D eigenvalue weighted by atomic mass is 16.4. The Morgan fingerprint density at radius 3 is 1.86 bits per heavy atom. The SMILES string of the molecule is CC1=NN(C)CC2C[C@@H](O)[C@@H]3[C@H](O)[C@H](O)CN3C12.CN(C)/N=C1\C[C@@H](O)[C@@H]2[C@H](O)[C@H](O)CN2C1.CN1CC2C(=N1)C[C@@H](O)[C@@H]1[C@H](O)[C@H](O)CN21. The molecule has 0 aromatic heterocycles. The van der Waals surface area contributed by atoms with Crippen molar-refractivity contribution in [3.8, 4) is 0 Å². The topological polar surface area (TPSA) is 239 Å². The number of aliphatic hydroxyl groups excluding tert-OH is 9. The van der Waals surface area contributed by atoms with Crippen LogP contribution in [0.3, 0.4) is 0 Å². The first kappa shape index (κ1) is 37.7. The van der Waals surface area contributed by atoms with Crippen molar-refractivity contribution in [3.63, 3.8) is 0 Å². The quantitative estimate of drug-likeness (QED) is 0.115. The molecule has 0 amide bonds. The molecule has 18 heteroatoms. The molecule has 0 radical (unpaired) electrons. The van der Waals surface area contributed by atoms with Crippen LogP contribution in [0, 0.1) is 5.92 Å². The number of likely N-dealkylation sites (N-methyl/N-ethyl adjacent to an activating group) is 1. The number of aliphatic hydroxyl groups is 9. The maximum Gasteiger partial charge on any atom is 0.0991 e. The van der Waals surface area contributed by atoms with Gasteiger partial charge in [0.05, 0.1) is 109 Å². The normalized spacial score (nSPS) is 46.4. The van der Waals surface area contributed by atoms with Gasteiger partial charge in [0.25, 0.3) is 0 Å². The summed E-state index contributed by atoms with van der Waals surface area (Å²) in [5.41, 5.74) is 2.86. The van der Waals surface area contributed by atoms with E-state index in [0.29, 0.717) is 51.4 Å². The second-order valence-electron chi connectivity index (χ2n) is 15.6. The number of rotatable bonds is 1. The molecule has 0 saturated carbocycles. The van der Waals surface area contributed by atoms with E-state index in [1.807, 2.05) is 59.8 Å². The number of hydrazone groups is 3. The lowest BCUT2D eigenvalue weighted by Gasteiger charge is -2.48. The number of fused-ring (bicyclic) bond motifs is 7. The van der Waals surface area contributed by atoms with Crippen LogP contribution in [0.15, 0.2) is 15.3 Å². The number of nitrogens with zero attached hydrogens (tertiary/aromatic N) is 9. The lowest BCUT2D eigenvalue weighted by Crippen LogP contribution is -2.62. The third kappa shape index (κ3) is 7.14. The molecular formula is C32H57N9O9. The molecule has 0 spiro atoms. The summed E-state index contributed by atoms with van der Waals surface area (Å²) in [6.45, 7) is 5.41. The van der Waals surface area contributed by atoms with Gasteiger partial charge in [-0.2, -0.15) is 15.3 Å². The minimum Gasteiger partial charge on any atom is -0.391 e. The third-order valence-electron chi connectivity index (χ3n) is 11.5. The molecule has 18 nitrogen and oxygen atoms in total. The molecule has 284 valence electrons. The Kier molecular flexibility index (Phi) is 11.1. The summed E-state index contributed by atoms with van der Waals surface area (Å²) < 4.78 is 0. The summed E-state index contributed by atoms with van der Waals surface area (Å²) in [4.78, 5) is 5.93. The smallest absolute Gasteiger partial charge is 0.0991 e. The Labute approximate surface area is 292 Å². The van der Waals surface area contributed by atoms with Crippen LogP contribution in [0.2, 0.25) is 0 Å². The Morgan fingerprint density at radius 1 is 0.640 bits per heavy atom. The fourth-order valence-corrected chi connectivity index (χ4v) is 9.65. The Morgan fingerprint density at radius 2 is 1.20 bits per heavy atom. The van der Waals surface area contributed by atoms with Gasteiger partial charge < -0.3 is 51.0 Å². The van der Waals surface area contributed by atoms with E-state index in [4.69, 9.17) is 0 Å². The molecular weight excluding hydrogens is 654 g/mol. The van der Waals surface area contributed by atoms with Gasteiger partial charge in [0.15, 0.2) is 0 Å². The predicted molar refractivity (Wildman–Crippen MR) is 182 cm³/mol. The number of hydrogen-bond acceptors (Lipinski definition) is 18. The highest BCUT2D eigenvalue weighted by Crippen LogP contribution is 2.38. The summed E-state index contributed by atoms with van der Waals surface area (Å²) in [7, 11) is 7.50. The lowest BCUT2D eigenvalue weighted by atomic mass is 9.80. The molecule has 9 N–H and O–H groups in total. The molecule has 8 heterocycles. The standard InChI is InChI=1S/C12H21N3O3.C10H17N3O3.C10H19N3O3/c1-6-10-7(4-14(2)13-6)3-8(16)11-12(18)9(17)5-15(10)11;1-12-3-6-5(11-12)2-7(14)9-10(16)8(15)4-13(6)9;1-12(2)11-6-3-7(14)9-10(16)8(15)5-13(9)4-6/h7-12,16-18H,3-5H2,1-2H3;6-10,14-16H,2-4H2,1H3;7-10,14-16H,3-5H2,1-2H3/b;;11-6+/t7?,8-,9-,10?,11-,12-;6?,7-,8-,9-,10-;7-,8-,9-,10-/m111/s1. The highest BCUT2D eigenvalue weighted by Gasteiger charge is 2.54. The average molecular weight is 712 g/mol. The Balaban J connectivity index is 0.000000130. The maximum absolute atomic E-state index is 10.2. The van der Waals surface area contributed by atoms with Gasteiger partial charge in [-0.15, -0.1) is 0 Å². The van der Waals surface area contributed by atoms with E-state index >= 15 is 0 Å². The van der Waals surface area contributed by atoms with Crippen LogP contribution < -0.4 is 0 Å². The van der Waals surface area contributed by atoms with E-state index in [-0.39, 0.29) is 30.2 Å². The summed E-state index contributed by atoms with van der Waals surface area (Å²) >= 11 is 0. The van der Waals surface area contributed by atoms with Crippen molar-refractivity contribution in [3.05, 3.63) is 0 Å². The van der Waals surface area contributed by atoms with Crippen LogP contribution in [0.25, 0.3) is 0 Å². The van der Waals surface area contributed by atoms with Crippen LogP contribution in [-0.2, 0) is 0 Å². The zero-order valence-electron chi connectivity index (χ0n) is 29.6. The molecule has 8 aliphatic rings. The van der Waals surface area contributed by atoms with Crippen LogP contribution in [0.4, 0.5) is 0 Å². The fourth-order valence-electron chi connectivity index (χ4n) is 9.65. The molecule has 3 unspecified atom stereocenters. The molecule has 0 aliphatic carbocycles. The zero-order chi connectivity index (χ0) is 36.3. The zero-order valence-corrected chi connectivity index (χ0v) is 29.6. The first-order chi connectivity index (χ1) is 23.5. The van der Waals surface area contributed by atoms with Crippen molar-refractivity contribution in [2.75, 3.05) is 67.5 Å². The average Bonchev–Trinajstić information content (AvgIpc) is 3.71. The summed E-state index contributed by atoms with van der Waals surface area (Å²) in [5.74, 6) is 0.316. The van der Waals surface area contributed by atoms with E-state index in [9.17, 15) is 46.0 Å². The molecule has 6 saturated heterocycles. The van der Waals surface area contributed by atoms with Gasteiger partial charge in [-0.1, -0.05) is 0 Å². The molecule has 6 fully saturated rings. The summed E-state index contributed by atoms with van der Waals surface area (Å²) in [5, 5.41) is 107. The van der Waals surface area contributed by atoms with Gasteiger partial charge in [-0.05, 0) is 13.3 Å². The molecule has 15 atom stereocenters. The van der Waals surface area contributed by atoms with E-state index < -0.39 is 54.9 Å². The second-order valence-corrected chi connectivity index (χ2v) is 15.6. The predicted octanol–water partition coefficient (Wildman–Crippen LogP) is -5.64. The van der Waals surface area contributed by atoms with Crippen molar-refractivity contribution in [2.45, 2.75) is 111 Å². The van der Waals surface area contributed by atoms with Crippen LogP contribution in [0.5, 0.6) is 0 Å². The molecule has 0 aromatic rings. The number of piperidine rings is 3. The van der Waals surface area contributed by atoms with Gasteiger partial charge in [-0.25, -0.2) is 0 Å². The first-order valence-electron chi connectivity index (χ1n) is 17.7. The van der Waals surface area contributed by atoms with Crippen LogP contribution >= 0.6 is 0 Å². The van der Waals surface area contributed by atoms with Gasteiger partial charge in [0.1, 0.15) is 0 Å². The minimum absolute atomic E-state index is 0.140. The molecule has 8 rings (SSSR count). The van der Waals surface area contributed by atoms with Gasteiger partial charge >= 0.3 is 0 Å². The summed E-state index contributed by atoms with van der Waals surface area (Å²) in [6.07, 6.45) is -5.08. The fraction of sp³-hybridized carbons (Fsp3) is 0.906. The van der Waals surface area contributed by atoms with Crippen molar-refractivity contribution >= 4 is 17.1 Å². The van der Waals surface area contributed by atoms with E-state index in [2.05, 4.69) is 15.3 Å². The lowest BCUT2D eigenvalue weighted by molar-refractivity contribution is -0.0603. The van der Waals surface area contributed by atoms with Crippen molar-refractivity contribution in [2.24, 2.45) is 21.2 Å². The monoisotopic (exact) mass is 711 g/mol. The van der Waals surface area contributed by atoms with Crippen molar-refractivity contribution in [1.29, 1.82) is 0 Å². The van der Waals surface area contributed by atoms with Crippen molar-refractivity contribution < 1.29 is 46.0 Å². The highest BCUT2D eigenvalue weighted by molar-refractivity contribution is 5.92. The Hall–Kier alpha value is -2.07. The third-order valence-corrected chi connectivity index (χ3v) is 11.5. The molecule has 0 aromatic carbocycles. The van der Waals surface area contributed by atoms with Gasteiger partial charge in [-0.3, -0.25) is 24.7 Å². The molecule has 50 heavy (non-hydrogen) atoms. The van der Waals surface area contributed by atoms with Gasteiger partial charge in [0.2, 0.25) is 0 Å². The van der Waals surface area contributed by atoms with E-state index in [1.54, 1.807) is 5.01 Å². The minimum atomic E-state index is -0.853. The maximum atomic E-state index is 10.2. The van der Waals surface area contributed by atoms with Crippen LogP contribution in [0.1, 0.15) is 26.2 Å². The van der Waals surface area contributed by atoms with E-state index in [1.165, 1.54) is 0 Å². The molecule has 8 aliphatic heterocycles. The second kappa shape index (κ2) is 14.7. The van der Waals surface area contributed by atoms with Gasteiger partial charge in [0, 0.05) is 79.7 Å². The summed E-state index contributed by atoms with van der Waals surface area (Å²) in [6, 6.07) is -0.761. The van der Waals surface area contributed by atoms with Crippen molar-refractivity contribution in [1.82, 2.24) is 29.7 Å². The largest absolute Gasteiger partial charge is 0.391 e.